The SMILES string of the molecule is O=c1cccnn1CCc1ccccc1Cl. The lowest BCUT2D eigenvalue weighted by Gasteiger charge is -2.05. The highest BCUT2D eigenvalue weighted by atomic mass is 35.5. The maximum absolute atomic E-state index is 11.4. The van der Waals surface area contributed by atoms with Crippen LogP contribution in [0, 0.1) is 0 Å². The van der Waals surface area contributed by atoms with E-state index < -0.39 is 0 Å². The summed E-state index contributed by atoms with van der Waals surface area (Å²) >= 11 is 6.02. The molecule has 2 rings (SSSR count). The molecular formula is C12H11ClN2O. The lowest BCUT2D eigenvalue weighted by atomic mass is 10.1. The molecule has 0 saturated carbocycles. The topological polar surface area (TPSA) is 34.9 Å². The van der Waals surface area contributed by atoms with Crippen LogP contribution in [0.3, 0.4) is 0 Å². The highest BCUT2D eigenvalue weighted by molar-refractivity contribution is 6.31. The van der Waals surface area contributed by atoms with Gasteiger partial charge < -0.3 is 0 Å². The first-order valence-corrected chi connectivity index (χ1v) is 5.41. The number of aryl methyl sites for hydroxylation is 2. The van der Waals surface area contributed by atoms with Crippen LogP contribution in [0.25, 0.3) is 0 Å². The molecule has 0 aliphatic carbocycles. The van der Waals surface area contributed by atoms with Crippen LogP contribution >= 0.6 is 11.6 Å². The molecule has 0 aliphatic heterocycles. The smallest absolute Gasteiger partial charge is 0.266 e. The van der Waals surface area contributed by atoms with Crippen molar-refractivity contribution in [1.82, 2.24) is 9.78 Å². The highest BCUT2D eigenvalue weighted by Crippen LogP contribution is 2.15. The van der Waals surface area contributed by atoms with E-state index >= 15 is 0 Å². The van der Waals surface area contributed by atoms with E-state index in [1.165, 1.54) is 10.7 Å². The zero-order chi connectivity index (χ0) is 11.4. The zero-order valence-corrected chi connectivity index (χ0v) is 9.39. The Morgan fingerprint density at radius 2 is 2.00 bits per heavy atom. The Kier molecular flexibility index (Phi) is 3.37. The average molecular weight is 235 g/mol. The molecule has 16 heavy (non-hydrogen) atoms. The quantitative estimate of drug-likeness (QED) is 0.816. The van der Waals surface area contributed by atoms with Crippen LogP contribution in [0.2, 0.25) is 5.02 Å². The summed E-state index contributed by atoms with van der Waals surface area (Å²) in [5.41, 5.74) is 0.941. The molecule has 0 amide bonds. The van der Waals surface area contributed by atoms with Crippen LogP contribution in [-0.4, -0.2) is 9.78 Å². The number of rotatable bonds is 3. The number of halogens is 1. The van der Waals surface area contributed by atoms with E-state index in [1.54, 1.807) is 12.3 Å². The summed E-state index contributed by atoms with van der Waals surface area (Å²) in [6.45, 7) is 0.545. The van der Waals surface area contributed by atoms with Gasteiger partial charge in [-0.1, -0.05) is 29.8 Å². The lowest BCUT2D eigenvalue weighted by Crippen LogP contribution is -2.22. The van der Waals surface area contributed by atoms with Crippen LogP contribution in [-0.2, 0) is 13.0 Å². The zero-order valence-electron chi connectivity index (χ0n) is 8.64. The van der Waals surface area contributed by atoms with Crippen molar-refractivity contribution < 1.29 is 0 Å². The van der Waals surface area contributed by atoms with Crippen LogP contribution in [0.15, 0.2) is 47.4 Å². The molecule has 0 saturated heterocycles. The Hall–Kier alpha value is -1.61. The number of hydrogen-bond donors (Lipinski definition) is 0. The second-order valence-electron chi connectivity index (χ2n) is 3.43. The summed E-state index contributed by atoms with van der Waals surface area (Å²) in [4.78, 5) is 11.4. The fourth-order valence-electron chi connectivity index (χ4n) is 1.48. The van der Waals surface area contributed by atoms with E-state index in [2.05, 4.69) is 5.10 Å². The van der Waals surface area contributed by atoms with Crippen molar-refractivity contribution in [3.05, 3.63) is 63.5 Å². The standard InChI is InChI=1S/C12H11ClN2O/c13-11-5-2-1-4-10(11)7-9-15-12(16)6-3-8-14-15/h1-6,8H,7,9H2. The summed E-state index contributed by atoms with van der Waals surface area (Å²) in [6.07, 6.45) is 2.31. The van der Waals surface area contributed by atoms with Crippen molar-refractivity contribution in [2.45, 2.75) is 13.0 Å². The van der Waals surface area contributed by atoms with E-state index in [9.17, 15) is 4.79 Å². The molecule has 0 bridgehead atoms. The van der Waals surface area contributed by atoms with E-state index in [-0.39, 0.29) is 5.56 Å². The van der Waals surface area contributed by atoms with Gasteiger partial charge in [-0.3, -0.25) is 4.79 Å². The molecule has 1 aromatic heterocycles. The van der Waals surface area contributed by atoms with Gasteiger partial charge in [-0.25, -0.2) is 4.68 Å². The normalized spacial score (nSPS) is 10.3. The predicted octanol–water partition coefficient (Wildman–Crippen LogP) is 2.14. The van der Waals surface area contributed by atoms with Gasteiger partial charge in [-0.05, 0) is 24.1 Å². The van der Waals surface area contributed by atoms with Gasteiger partial charge in [0.25, 0.3) is 5.56 Å². The molecule has 0 radical (unpaired) electrons. The van der Waals surface area contributed by atoms with Gasteiger partial charge in [0.15, 0.2) is 0 Å². The molecule has 1 heterocycles. The van der Waals surface area contributed by atoms with Gasteiger partial charge in [-0.2, -0.15) is 5.10 Å². The van der Waals surface area contributed by atoms with Gasteiger partial charge in [0.2, 0.25) is 0 Å². The van der Waals surface area contributed by atoms with Gasteiger partial charge in [0, 0.05) is 23.8 Å². The average Bonchev–Trinajstić information content (AvgIpc) is 2.30. The molecular weight excluding hydrogens is 224 g/mol. The van der Waals surface area contributed by atoms with Gasteiger partial charge in [0.1, 0.15) is 0 Å². The van der Waals surface area contributed by atoms with E-state index in [4.69, 9.17) is 11.6 Å². The fraction of sp³-hybridized carbons (Fsp3) is 0.167. The molecule has 82 valence electrons. The molecule has 0 unspecified atom stereocenters. The van der Waals surface area contributed by atoms with Crippen LogP contribution in [0.5, 0.6) is 0 Å². The Balaban J connectivity index is 2.12. The Labute approximate surface area is 98.3 Å². The first-order valence-electron chi connectivity index (χ1n) is 5.03. The molecule has 0 atom stereocenters. The maximum Gasteiger partial charge on any atom is 0.266 e. The number of nitrogens with zero attached hydrogens (tertiary/aromatic N) is 2. The van der Waals surface area contributed by atoms with Crippen LogP contribution in [0.4, 0.5) is 0 Å². The van der Waals surface area contributed by atoms with E-state index in [0.29, 0.717) is 13.0 Å². The summed E-state index contributed by atoms with van der Waals surface area (Å²) in [5, 5.41) is 4.71. The molecule has 4 heteroatoms. The first-order chi connectivity index (χ1) is 7.77. The van der Waals surface area contributed by atoms with Crippen LogP contribution in [0.1, 0.15) is 5.56 Å². The summed E-state index contributed by atoms with van der Waals surface area (Å²) in [5.74, 6) is 0. The maximum atomic E-state index is 11.4. The molecule has 0 fully saturated rings. The lowest BCUT2D eigenvalue weighted by molar-refractivity contribution is 0.578. The van der Waals surface area contributed by atoms with Crippen molar-refractivity contribution in [2.75, 3.05) is 0 Å². The van der Waals surface area contributed by atoms with Crippen molar-refractivity contribution >= 4 is 11.6 Å². The van der Waals surface area contributed by atoms with Gasteiger partial charge >= 0.3 is 0 Å². The monoisotopic (exact) mass is 234 g/mol. The molecule has 1 aromatic carbocycles. The number of hydrogen-bond acceptors (Lipinski definition) is 2. The minimum Gasteiger partial charge on any atom is -0.268 e. The number of aromatic nitrogens is 2. The molecule has 0 aliphatic rings. The first kappa shape index (κ1) is 10.9. The Morgan fingerprint density at radius 3 is 2.75 bits per heavy atom. The summed E-state index contributed by atoms with van der Waals surface area (Å²) in [7, 11) is 0. The Bertz CT molecular complexity index is 536. The minimum absolute atomic E-state index is 0.0884. The number of benzene rings is 1. The van der Waals surface area contributed by atoms with Crippen LogP contribution < -0.4 is 5.56 Å². The minimum atomic E-state index is -0.0884. The molecule has 2 aromatic rings. The van der Waals surface area contributed by atoms with Crippen molar-refractivity contribution in [3.8, 4) is 0 Å². The van der Waals surface area contributed by atoms with Crippen molar-refractivity contribution in [1.29, 1.82) is 0 Å². The predicted molar refractivity (Wildman–Crippen MR) is 63.7 cm³/mol. The van der Waals surface area contributed by atoms with E-state index in [0.717, 1.165) is 10.6 Å². The second-order valence-corrected chi connectivity index (χ2v) is 3.83. The fourth-order valence-corrected chi connectivity index (χ4v) is 1.71. The molecule has 0 N–H and O–H groups in total. The van der Waals surface area contributed by atoms with Crippen molar-refractivity contribution in [3.63, 3.8) is 0 Å². The Morgan fingerprint density at radius 1 is 1.19 bits per heavy atom. The summed E-state index contributed by atoms with van der Waals surface area (Å²) < 4.78 is 1.43. The van der Waals surface area contributed by atoms with E-state index in [1.807, 2.05) is 24.3 Å². The highest BCUT2D eigenvalue weighted by Gasteiger charge is 2.00. The second kappa shape index (κ2) is 4.94. The molecule has 0 spiro atoms. The van der Waals surface area contributed by atoms with Gasteiger partial charge in [0.05, 0.1) is 0 Å². The van der Waals surface area contributed by atoms with Gasteiger partial charge in [-0.15, -0.1) is 0 Å². The third-order valence-corrected chi connectivity index (χ3v) is 2.70. The third kappa shape index (κ3) is 2.49. The third-order valence-electron chi connectivity index (χ3n) is 2.34. The summed E-state index contributed by atoms with van der Waals surface area (Å²) in [6, 6.07) is 10.8. The van der Waals surface area contributed by atoms with Crippen molar-refractivity contribution in [2.24, 2.45) is 0 Å². The molecule has 3 nitrogen and oxygen atoms in total. The largest absolute Gasteiger partial charge is 0.268 e.